The van der Waals surface area contributed by atoms with E-state index in [1.54, 1.807) is 4.90 Å². The summed E-state index contributed by atoms with van der Waals surface area (Å²) < 4.78 is 12.2. The van der Waals surface area contributed by atoms with Crippen molar-refractivity contribution in [1.82, 2.24) is 10.3 Å². The average molecular weight is 494 g/mol. The molecule has 0 aromatic heterocycles. The number of hydrazone groups is 1. The molecule has 1 saturated heterocycles. The molecule has 31 heavy (non-hydrogen) atoms. The van der Waals surface area contributed by atoms with Gasteiger partial charge in [-0.05, 0) is 69.1 Å². The molecular formula is C21H28BrN5O4. The number of benzene rings is 1. The molecular weight excluding hydrogens is 466 g/mol. The summed E-state index contributed by atoms with van der Waals surface area (Å²) in [6, 6.07) is 3.47. The van der Waals surface area contributed by atoms with Crippen molar-refractivity contribution in [2.45, 2.75) is 58.2 Å². The predicted octanol–water partition coefficient (Wildman–Crippen LogP) is 3.29. The Morgan fingerprint density at radius 1 is 1.42 bits per heavy atom. The van der Waals surface area contributed by atoms with Gasteiger partial charge in [0.2, 0.25) is 0 Å². The first-order valence-electron chi connectivity index (χ1n) is 10.3. The number of carbonyl (C=O) groups is 2. The van der Waals surface area contributed by atoms with E-state index in [9.17, 15) is 9.59 Å². The van der Waals surface area contributed by atoms with Gasteiger partial charge in [-0.2, -0.15) is 5.10 Å². The Hall–Kier alpha value is -2.49. The summed E-state index contributed by atoms with van der Waals surface area (Å²) in [7, 11) is 0. The van der Waals surface area contributed by atoms with E-state index in [1.807, 2.05) is 44.7 Å². The fourth-order valence-corrected chi connectivity index (χ4v) is 4.43. The Morgan fingerprint density at radius 3 is 2.87 bits per heavy atom. The second-order valence-corrected chi connectivity index (χ2v) is 10.3. The van der Waals surface area contributed by atoms with E-state index in [4.69, 9.17) is 9.47 Å². The Balaban J connectivity index is 1.56. The molecule has 2 atom stereocenters. The summed E-state index contributed by atoms with van der Waals surface area (Å²) >= 11 is 3.63. The Kier molecular flexibility index (Phi) is 5.31. The minimum Gasteiger partial charge on any atom is -0.483 e. The van der Waals surface area contributed by atoms with Crippen molar-refractivity contribution < 1.29 is 19.1 Å². The van der Waals surface area contributed by atoms with Gasteiger partial charge in [0.25, 0.3) is 5.91 Å². The van der Waals surface area contributed by atoms with Crippen molar-refractivity contribution in [3.05, 3.63) is 16.6 Å². The molecule has 1 aromatic carbocycles. The van der Waals surface area contributed by atoms with Crippen LogP contribution < -0.4 is 20.4 Å². The molecule has 10 heteroatoms. The monoisotopic (exact) mass is 493 g/mol. The molecule has 3 aliphatic heterocycles. The number of hydrogen-bond donors (Lipinski definition) is 2. The SMILES string of the molecule is C[C@@H]1C(=O)NN=C2COc3cc(Br)c(N[C@]4(C)CCN(C(=O)OC(C)(C)C)C4)cc3N21. The Morgan fingerprint density at radius 2 is 2.16 bits per heavy atom. The summed E-state index contributed by atoms with van der Waals surface area (Å²) in [5.41, 5.74) is 3.32. The van der Waals surface area contributed by atoms with Gasteiger partial charge in [0.05, 0.1) is 16.9 Å². The first-order valence-corrected chi connectivity index (χ1v) is 11.1. The van der Waals surface area contributed by atoms with Gasteiger partial charge in [-0.3, -0.25) is 4.79 Å². The number of fused-ring (bicyclic) bond motifs is 3. The average Bonchev–Trinajstić information content (AvgIpc) is 3.06. The highest BCUT2D eigenvalue weighted by atomic mass is 79.9. The predicted molar refractivity (Wildman–Crippen MR) is 122 cm³/mol. The number of likely N-dealkylation sites (tertiary alicyclic amines) is 1. The molecule has 1 fully saturated rings. The van der Waals surface area contributed by atoms with E-state index in [0.29, 0.717) is 31.3 Å². The second-order valence-electron chi connectivity index (χ2n) is 9.48. The molecule has 9 nitrogen and oxygen atoms in total. The van der Waals surface area contributed by atoms with Crippen molar-refractivity contribution in [3.63, 3.8) is 0 Å². The number of anilines is 2. The minimum atomic E-state index is -0.526. The lowest BCUT2D eigenvalue weighted by atomic mass is 10.0. The van der Waals surface area contributed by atoms with E-state index in [1.165, 1.54) is 0 Å². The molecule has 0 radical (unpaired) electrons. The van der Waals surface area contributed by atoms with Crippen LogP contribution in [0.3, 0.4) is 0 Å². The van der Waals surface area contributed by atoms with Gasteiger partial charge in [0.1, 0.15) is 24.0 Å². The van der Waals surface area contributed by atoms with Crippen LogP contribution >= 0.6 is 15.9 Å². The molecule has 3 aliphatic rings. The van der Waals surface area contributed by atoms with Crippen molar-refractivity contribution >= 4 is 45.1 Å². The fourth-order valence-electron chi connectivity index (χ4n) is 4.01. The lowest BCUT2D eigenvalue weighted by Gasteiger charge is -2.38. The topological polar surface area (TPSA) is 95.5 Å². The van der Waals surface area contributed by atoms with Crippen LogP contribution in [0, 0.1) is 0 Å². The Labute approximate surface area is 190 Å². The number of nitrogens with one attached hydrogen (secondary N) is 2. The maximum atomic E-state index is 12.5. The summed E-state index contributed by atoms with van der Waals surface area (Å²) in [4.78, 5) is 28.3. The number of carbonyl (C=O) groups excluding carboxylic acids is 2. The third kappa shape index (κ3) is 4.30. The van der Waals surface area contributed by atoms with E-state index in [-0.39, 0.29) is 17.5 Å². The highest BCUT2D eigenvalue weighted by Gasteiger charge is 2.39. The minimum absolute atomic E-state index is 0.162. The van der Waals surface area contributed by atoms with Crippen LogP contribution in [-0.4, -0.2) is 59.6 Å². The van der Waals surface area contributed by atoms with Gasteiger partial charge in [-0.1, -0.05) is 0 Å². The largest absolute Gasteiger partial charge is 0.483 e. The zero-order chi connectivity index (χ0) is 22.6. The molecule has 0 bridgehead atoms. The smallest absolute Gasteiger partial charge is 0.410 e. The molecule has 3 heterocycles. The standard InChI is InChI=1S/C21H28BrN5O4/c1-12-18(28)25-24-17-10-30-16-8-13(22)14(9-15(16)27(12)17)23-21(5)6-7-26(11-21)19(29)31-20(2,3)4/h8-9,12,23H,6-7,10-11H2,1-5H3,(H,25,28)/t12-,21-/m1/s1. The lowest BCUT2D eigenvalue weighted by molar-refractivity contribution is -0.122. The van der Waals surface area contributed by atoms with Gasteiger partial charge >= 0.3 is 6.09 Å². The number of rotatable bonds is 2. The number of nitrogens with zero attached hydrogens (tertiary/aromatic N) is 3. The molecule has 2 N–H and O–H groups in total. The van der Waals surface area contributed by atoms with E-state index >= 15 is 0 Å². The number of amidine groups is 1. The number of halogens is 1. The number of amides is 2. The maximum absolute atomic E-state index is 12.5. The van der Waals surface area contributed by atoms with Crippen molar-refractivity contribution in [3.8, 4) is 5.75 Å². The quantitative estimate of drug-likeness (QED) is 0.656. The molecule has 1 aromatic rings. The second kappa shape index (κ2) is 7.58. The van der Waals surface area contributed by atoms with Crippen molar-refractivity contribution in [1.29, 1.82) is 0 Å². The third-order valence-corrected chi connectivity index (χ3v) is 6.22. The van der Waals surface area contributed by atoms with Gasteiger partial charge < -0.3 is 24.6 Å². The van der Waals surface area contributed by atoms with Crippen LogP contribution in [0.5, 0.6) is 5.75 Å². The number of hydrogen-bond acceptors (Lipinski definition) is 7. The highest BCUT2D eigenvalue weighted by molar-refractivity contribution is 9.10. The fraction of sp³-hybridized carbons (Fsp3) is 0.571. The lowest BCUT2D eigenvalue weighted by Crippen LogP contribution is -2.55. The molecule has 0 unspecified atom stereocenters. The van der Waals surface area contributed by atoms with Crippen LogP contribution in [0.2, 0.25) is 0 Å². The first kappa shape index (κ1) is 21.7. The third-order valence-electron chi connectivity index (χ3n) is 5.57. The summed E-state index contributed by atoms with van der Waals surface area (Å²) in [6.45, 7) is 11.0. The zero-order valence-electron chi connectivity index (χ0n) is 18.4. The zero-order valence-corrected chi connectivity index (χ0v) is 20.0. The van der Waals surface area contributed by atoms with Crippen molar-refractivity contribution in [2.24, 2.45) is 5.10 Å². The van der Waals surface area contributed by atoms with Crippen LogP contribution in [-0.2, 0) is 9.53 Å². The molecule has 0 saturated carbocycles. The highest BCUT2D eigenvalue weighted by Crippen LogP contribution is 2.42. The molecule has 4 rings (SSSR count). The number of ether oxygens (including phenoxy) is 2. The van der Waals surface area contributed by atoms with Gasteiger partial charge in [0.15, 0.2) is 5.84 Å². The van der Waals surface area contributed by atoms with Crippen molar-refractivity contribution in [2.75, 3.05) is 29.9 Å². The van der Waals surface area contributed by atoms with E-state index in [2.05, 4.69) is 38.7 Å². The summed E-state index contributed by atoms with van der Waals surface area (Å²) in [5, 5.41) is 7.72. The van der Waals surface area contributed by atoms with Gasteiger partial charge in [-0.25, -0.2) is 10.2 Å². The van der Waals surface area contributed by atoms with Crippen LogP contribution in [0.1, 0.15) is 41.0 Å². The molecule has 0 spiro atoms. The van der Waals surface area contributed by atoms with Crippen LogP contribution in [0.4, 0.5) is 16.2 Å². The first-order chi connectivity index (χ1) is 14.5. The van der Waals surface area contributed by atoms with E-state index < -0.39 is 11.6 Å². The summed E-state index contributed by atoms with van der Waals surface area (Å²) in [6.07, 6.45) is 0.478. The van der Waals surface area contributed by atoms with Crippen LogP contribution in [0.25, 0.3) is 0 Å². The molecule has 0 aliphatic carbocycles. The normalized spacial score (nSPS) is 25.2. The maximum Gasteiger partial charge on any atom is 0.410 e. The van der Waals surface area contributed by atoms with Crippen LogP contribution in [0.15, 0.2) is 21.7 Å². The summed E-state index contributed by atoms with van der Waals surface area (Å²) in [5.74, 6) is 1.19. The van der Waals surface area contributed by atoms with Gasteiger partial charge in [-0.15, -0.1) is 0 Å². The molecule has 168 valence electrons. The molecule has 2 amide bonds. The van der Waals surface area contributed by atoms with Gasteiger partial charge in [0, 0.05) is 17.6 Å². The Bertz CT molecular complexity index is 960. The van der Waals surface area contributed by atoms with E-state index in [0.717, 1.165) is 22.3 Å².